The van der Waals surface area contributed by atoms with Gasteiger partial charge in [-0.05, 0) is 43.5 Å². The molecule has 88 valence electrons. The molecule has 0 N–H and O–H groups in total. The minimum atomic E-state index is -0.291. The van der Waals surface area contributed by atoms with Gasteiger partial charge in [-0.3, -0.25) is 4.79 Å². The zero-order valence-corrected chi connectivity index (χ0v) is 9.92. The first-order valence-corrected chi connectivity index (χ1v) is 5.52. The molecule has 0 bridgehead atoms. The van der Waals surface area contributed by atoms with Gasteiger partial charge in [0.05, 0.1) is 12.5 Å². The standard InChI is InChI=1S/C13H17FO2/c1-4-11(13(15)16-5-2)12-7-6-10(14)8-9(12)3/h6-8,11H,4-5H2,1-3H3. The number of halogens is 1. The van der Waals surface area contributed by atoms with Gasteiger partial charge in [0.15, 0.2) is 0 Å². The van der Waals surface area contributed by atoms with E-state index in [4.69, 9.17) is 4.74 Å². The molecule has 0 heterocycles. The Labute approximate surface area is 95.4 Å². The molecule has 0 saturated carbocycles. The van der Waals surface area contributed by atoms with Gasteiger partial charge < -0.3 is 4.74 Å². The molecule has 0 amide bonds. The van der Waals surface area contributed by atoms with Crippen molar-refractivity contribution in [2.24, 2.45) is 0 Å². The molecule has 0 aliphatic rings. The number of aryl methyl sites for hydroxylation is 1. The quantitative estimate of drug-likeness (QED) is 0.734. The minimum absolute atomic E-state index is 0.236. The summed E-state index contributed by atoms with van der Waals surface area (Å²) in [5.74, 6) is -0.805. The van der Waals surface area contributed by atoms with Crippen LogP contribution in [0.15, 0.2) is 18.2 Å². The van der Waals surface area contributed by atoms with Gasteiger partial charge in [0.2, 0.25) is 0 Å². The van der Waals surface area contributed by atoms with Gasteiger partial charge in [-0.1, -0.05) is 13.0 Å². The molecule has 1 aromatic carbocycles. The first kappa shape index (κ1) is 12.7. The van der Waals surface area contributed by atoms with Crippen LogP contribution in [-0.2, 0) is 9.53 Å². The highest BCUT2D eigenvalue weighted by atomic mass is 19.1. The molecule has 1 atom stereocenters. The van der Waals surface area contributed by atoms with E-state index in [0.29, 0.717) is 13.0 Å². The fourth-order valence-electron chi connectivity index (χ4n) is 1.79. The SMILES string of the molecule is CCOC(=O)C(CC)c1ccc(F)cc1C. The van der Waals surface area contributed by atoms with Crippen LogP contribution in [0.3, 0.4) is 0 Å². The maximum Gasteiger partial charge on any atom is 0.313 e. The Hall–Kier alpha value is -1.38. The molecule has 0 aromatic heterocycles. The van der Waals surface area contributed by atoms with E-state index in [9.17, 15) is 9.18 Å². The van der Waals surface area contributed by atoms with Crippen LogP contribution in [0, 0.1) is 12.7 Å². The van der Waals surface area contributed by atoms with Crippen LogP contribution < -0.4 is 0 Å². The predicted molar refractivity (Wildman–Crippen MR) is 60.8 cm³/mol. The Morgan fingerprint density at radius 1 is 1.44 bits per heavy atom. The van der Waals surface area contributed by atoms with Crippen molar-refractivity contribution in [1.82, 2.24) is 0 Å². The zero-order chi connectivity index (χ0) is 12.1. The summed E-state index contributed by atoms with van der Waals surface area (Å²) < 4.78 is 17.9. The van der Waals surface area contributed by atoms with Crippen LogP contribution in [-0.4, -0.2) is 12.6 Å². The highest BCUT2D eigenvalue weighted by molar-refractivity contribution is 5.78. The number of ether oxygens (including phenoxy) is 1. The van der Waals surface area contributed by atoms with Crippen molar-refractivity contribution >= 4 is 5.97 Å². The van der Waals surface area contributed by atoms with Crippen molar-refractivity contribution in [2.45, 2.75) is 33.1 Å². The molecular weight excluding hydrogens is 207 g/mol. The van der Waals surface area contributed by atoms with Crippen molar-refractivity contribution < 1.29 is 13.9 Å². The number of carbonyl (C=O) groups is 1. The summed E-state index contributed by atoms with van der Waals surface area (Å²) in [5, 5.41) is 0. The molecule has 3 heteroatoms. The summed E-state index contributed by atoms with van der Waals surface area (Å²) in [5.41, 5.74) is 1.64. The Bertz CT molecular complexity index is 374. The third-order valence-corrected chi connectivity index (χ3v) is 2.59. The normalized spacial score (nSPS) is 12.2. The first-order valence-electron chi connectivity index (χ1n) is 5.52. The van der Waals surface area contributed by atoms with E-state index in [-0.39, 0.29) is 17.7 Å². The van der Waals surface area contributed by atoms with Gasteiger partial charge in [0.25, 0.3) is 0 Å². The molecule has 0 radical (unpaired) electrons. The predicted octanol–water partition coefficient (Wildman–Crippen LogP) is 3.19. The zero-order valence-electron chi connectivity index (χ0n) is 9.92. The summed E-state index contributed by atoms with van der Waals surface area (Å²) in [4.78, 5) is 11.7. The van der Waals surface area contributed by atoms with Crippen LogP contribution in [0.5, 0.6) is 0 Å². The summed E-state index contributed by atoms with van der Waals surface area (Å²) in [6.45, 7) is 5.88. The van der Waals surface area contributed by atoms with Crippen molar-refractivity contribution in [1.29, 1.82) is 0 Å². The van der Waals surface area contributed by atoms with E-state index in [1.165, 1.54) is 12.1 Å². The van der Waals surface area contributed by atoms with E-state index < -0.39 is 0 Å². The van der Waals surface area contributed by atoms with Crippen LogP contribution >= 0.6 is 0 Å². The fraction of sp³-hybridized carbons (Fsp3) is 0.462. The van der Waals surface area contributed by atoms with Gasteiger partial charge in [-0.2, -0.15) is 0 Å². The molecule has 1 unspecified atom stereocenters. The van der Waals surface area contributed by atoms with Gasteiger partial charge >= 0.3 is 5.97 Å². The lowest BCUT2D eigenvalue weighted by Gasteiger charge is -2.16. The van der Waals surface area contributed by atoms with Crippen molar-refractivity contribution in [3.63, 3.8) is 0 Å². The monoisotopic (exact) mass is 224 g/mol. The molecule has 0 aliphatic carbocycles. The number of hydrogen-bond donors (Lipinski definition) is 0. The van der Waals surface area contributed by atoms with Crippen molar-refractivity contribution in [3.05, 3.63) is 35.1 Å². The minimum Gasteiger partial charge on any atom is -0.466 e. The van der Waals surface area contributed by atoms with E-state index in [1.807, 2.05) is 6.92 Å². The smallest absolute Gasteiger partial charge is 0.313 e. The van der Waals surface area contributed by atoms with Crippen LogP contribution in [0.2, 0.25) is 0 Å². The second kappa shape index (κ2) is 5.64. The van der Waals surface area contributed by atoms with E-state index in [0.717, 1.165) is 11.1 Å². The van der Waals surface area contributed by atoms with Crippen molar-refractivity contribution in [3.8, 4) is 0 Å². The van der Waals surface area contributed by atoms with Crippen molar-refractivity contribution in [2.75, 3.05) is 6.61 Å². The molecule has 2 nitrogen and oxygen atoms in total. The summed E-state index contributed by atoms with van der Waals surface area (Å²) >= 11 is 0. The van der Waals surface area contributed by atoms with Gasteiger partial charge in [-0.15, -0.1) is 0 Å². The lowest BCUT2D eigenvalue weighted by Crippen LogP contribution is -2.16. The Morgan fingerprint density at radius 3 is 2.62 bits per heavy atom. The highest BCUT2D eigenvalue weighted by Crippen LogP contribution is 2.24. The summed E-state index contributed by atoms with van der Waals surface area (Å²) in [6.07, 6.45) is 0.658. The largest absolute Gasteiger partial charge is 0.466 e. The van der Waals surface area contributed by atoms with E-state index in [1.54, 1.807) is 19.9 Å². The highest BCUT2D eigenvalue weighted by Gasteiger charge is 2.21. The fourth-order valence-corrected chi connectivity index (χ4v) is 1.79. The number of rotatable bonds is 4. The van der Waals surface area contributed by atoms with Crippen LogP contribution in [0.1, 0.15) is 37.3 Å². The summed E-state index contributed by atoms with van der Waals surface area (Å²) in [6, 6.07) is 4.48. The van der Waals surface area contributed by atoms with Gasteiger partial charge in [0, 0.05) is 0 Å². The average Bonchev–Trinajstić information content (AvgIpc) is 2.22. The molecule has 16 heavy (non-hydrogen) atoms. The third-order valence-electron chi connectivity index (χ3n) is 2.59. The molecule has 0 spiro atoms. The number of hydrogen-bond acceptors (Lipinski definition) is 2. The first-order chi connectivity index (χ1) is 7.60. The maximum atomic E-state index is 12.9. The number of esters is 1. The molecular formula is C13H17FO2. The molecule has 1 rings (SSSR count). The van der Waals surface area contributed by atoms with E-state index in [2.05, 4.69) is 0 Å². The second-order valence-corrected chi connectivity index (χ2v) is 3.71. The van der Waals surface area contributed by atoms with Crippen LogP contribution in [0.25, 0.3) is 0 Å². The Kier molecular flexibility index (Phi) is 4.47. The Balaban J connectivity index is 2.99. The molecule has 1 aromatic rings. The third kappa shape index (κ3) is 2.81. The molecule has 0 saturated heterocycles. The maximum absolute atomic E-state index is 12.9. The molecule has 0 fully saturated rings. The van der Waals surface area contributed by atoms with Gasteiger partial charge in [-0.25, -0.2) is 4.39 Å². The number of benzene rings is 1. The summed E-state index contributed by atoms with van der Waals surface area (Å²) in [7, 11) is 0. The lowest BCUT2D eigenvalue weighted by atomic mass is 9.92. The van der Waals surface area contributed by atoms with Crippen LogP contribution in [0.4, 0.5) is 4.39 Å². The second-order valence-electron chi connectivity index (χ2n) is 3.71. The topological polar surface area (TPSA) is 26.3 Å². The van der Waals surface area contributed by atoms with E-state index >= 15 is 0 Å². The lowest BCUT2D eigenvalue weighted by molar-refractivity contribution is -0.145. The van der Waals surface area contributed by atoms with Gasteiger partial charge in [0.1, 0.15) is 5.82 Å². The molecule has 0 aliphatic heterocycles. The Morgan fingerprint density at radius 2 is 2.12 bits per heavy atom. The number of carbonyl (C=O) groups excluding carboxylic acids is 1. The average molecular weight is 224 g/mol.